The maximum atomic E-state index is 12.4. The lowest BCUT2D eigenvalue weighted by Gasteiger charge is -2.10. The molecule has 2 N–H and O–H groups in total. The molecule has 0 bridgehead atoms. The summed E-state index contributed by atoms with van der Waals surface area (Å²) in [6.07, 6.45) is 0. The molecule has 7 heteroatoms. The third kappa shape index (κ3) is 3.62. The third-order valence-electron chi connectivity index (χ3n) is 2.74. The second kappa shape index (κ2) is 5.87. The minimum Gasteiger partial charge on any atom is -0.478 e. The van der Waals surface area contributed by atoms with Gasteiger partial charge in [0, 0.05) is 10.2 Å². The van der Waals surface area contributed by atoms with Gasteiger partial charge >= 0.3 is 5.97 Å². The smallest absolute Gasteiger partial charge is 0.335 e. The van der Waals surface area contributed by atoms with Gasteiger partial charge < -0.3 is 5.11 Å². The first-order valence-corrected chi connectivity index (χ1v) is 8.19. The Morgan fingerprint density at radius 3 is 2.52 bits per heavy atom. The third-order valence-corrected chi connectivity index (χ3v) is 5.11. The Bertz CT molecular complexity index is 802. The van der Waals surface area contributed by atoms with Gasteiger partial charge in [0.05, 0.1) is 5.56 Å². The average molecular weight is 370 g/mol. The summed E-state index contributed by atoms with van der Waals surface area (Å²) in [6.45, 7) is 1.85. The summed E-state index contributed by atoms with van der Waals surface area (Å²) in [5.74, 6) is -1.19. The molecule has 0 heterocycles. The fourth-order valence-electron chi connectivity index (χ4n) is 1.76. The molecule has 0 spiro atoms. The normalized spacial score (nSPS) is 11.1. The fourth-order valence-corrected chi connectivity index (χ4v) is 3.80. The van der Waals surface area contributed by atoms with Crippen molar-refractivity contribution in [3.05, 3.63) is 58.1 Å². The Morgan fingerprint density at radius 1 is 1.19 bits per heavy atom. The zero-order valence-electron chi connectivity index (χ0n) is 11.0. The summed E-state index contributed by atoms with van der Waals surface area (Å²) in [7, 11) is -3.88. The Morgan fingerprint density at radius 2 is 1.90 bits per heavy atom. The van der Waals surface area contributed by atoms with Crippen molar-refractivity contribution < 1.29 is 18.3 Å². The summed E-state index contributed by atoms with van der Waals surface area (Å²) >= 11 is 3.13. The zero-order valence-corrected chi connectivity index (χ0v) is 13.4. The first-order valence-electron chi connectivity index (χ1n) is 5.92. The Labute approximate surface area is 130 Å². The molecule has 5 nitrogen and oxygen atoms in total. The molecule has 0 aromatic heterocycles. The molecule has 0 fully saturated rings. The van der Waals surface area contributed by atoms with Crippen LogP contribution in [0, 0.1) is 6.92 Å². The second-order valence-corrected chi connectivity index (χ2v) is 6.93. The highest BCUT2D eigenvalue weighted by Gasteiger charge is 2.20. The summed E-state index contributed by atoms with van der Waals surface area (Å²) in [6, 6.07) is 10.7. The van der Waals surface area contributed by atoms with Crippen LogP contribution in [0.2, 0.25) is 0 Å². The largest absolute Gasteiger partial charge is 0.478 e. The van der Waals surface area contributed by atoms with Crippen LogP contribution in [-0.4, -0.2) is 19.5 Å². The number of sulfonamides is 1. The van der Waals surface area contributed by atoms with Crippen LogP contribution in [0.1, 0.15) is 15.9 Å². The number of carbonyl (C=O) groups is 1. The second-order valence-electron chi connectivity index (χ2n) is 4.43. The minimum atomic E-state index is -3.88. The van der Waals surface area contributed by atoms with Crippen molar-refractivity contribution in [3.8, 4) is 0 Å². The van der Waals surface area contributed by atoms with E-state index in [1.807, 2.05) is 13.0 Å². The van der Waals surface area contributed by atoms with Gasteiger partial charge in [0.25, 0.3) is 10.0 Å². The van der Waals surface area contributed by atoms with Crippen LogP contribution in [0.3, 0.4) is 0 Å². The molecule has 2 aromatic rings. The fraction of sp³-hybridized carbons (Fsp3) is 0.0714. The van der Waals surface area contributed by atoms with Crippen LogP contribution in [-0.2, 0) is 10.0 Å². The molecule has 21 heavy (non-hydrogen) atoms. The molecule has 2 aromatic carbocycles. The van der Waals surface area contributed by atoms with Crippen molar-refractivity contribution in [2.45, 2.75) is 11.8 Å². The van der Waals surface area contributed by atoms with Gasteiger partial charge in [-0.05, 0) is 58.7 Å². The van der Waals surface area contributed by atoms with E-state index in [0.717, 1.165) is 11.6 Å². The van der Waals surface area contributed by atoms with Crippen LogP contribution < -0.4 is 4.72 Å². The van der Waals surface area contributed by atoms with Crippen molar-refractivity contribution in [2.24, 2.45) is 0 Å². The molecule has 0 aliphatic carbocycles. The Hall–Kier alpha value is -1.86. The number of carboxylic acid groups (broad SMARTS) is 1. The van der Waals surface area contributed by atoms with Gasteiger partial charge in [-0.15, -0.1) is 0 Å². The maximum absolute atomic E-state index is 12.4. The SMILES string of the molecule is Cc1cccc(NS(=O)(=O)c2cc(C(=O)O)ccc2Br)c1. The van der Waals surface area contributed by atoms with Crippen LogP contribution in [0.25, 0.3) is 0 Å². The highest BCUT2D eigenvalue weighted by molar-refractivity contribution is 9.10. The summed E-state index contributed by atoms with van der Waals surface area (Å²) in [4.78, 5) is 10.8. The van der Waals surface area contributed by atoms with E-state index in [1.54, 1.807) is 18.2 Å². The summed E-state index contributed by atoms with van der Waals surface area (Å²) in [5, 5.41) is 8.96. The highest BCUT2D eigenvalue weighted by Crippen LogP contribution is 2.25. The lowest BCUT2D eigenvalue weighted by atomic mass is 10.2. The molecule has 0 saturated heterocycles. The van der Waals surface area contributed by atoms with Crippen LogP contribution in [0.15, 0.2) is 51.8 Å². The van der Waals surface area contributed by atoms with E-state index in [2.05, 4.69) is 20.7 Å². The molecule has 0 unspecified atom stereocenters. The van der Waals surface area contributed by atoms with E-state index in [1.165, 1.54) is 12.1 Å². The molecule has 0 aliphatic rings. The van der Waals surface area contributed by atoms with Gasteiger partial charge in [0.15, 0.2) is 0 Å². The van der Waals surface area contributed by atoms with E-state index in [-0.39, 0.29) is 10.5 Å². The Kier molecular flexibility index (Phi) is 4.34. The summed E-state index contributed by atoms with van der Waals surface area (Å²) in [5.41, 5.74) is 1.24. The van der Waals surface area contributed by atoms with Gasteiger partial charge in [-0.2, -0.15) is 0 Å². The molecule has 110 valence electrons. The van der Waals surface area contributed by atoms with Gasteiger partial charge in [0.1, 0.15) is 4.90 Å². The number of nitrogens with one attached hydrogen (secondary N) is 1. The van der Waals surface area contributed by atoms with Crippen LogP contribution in [0.4, 0.5) is 5.69 Å². The Balaban J connectivity index is 2.44. The van der Waals surface area contributed by atoms with Crippen molar-refractivity contribution in [2.75, 3.05) is 4.72 Å². The summed E-state index contributed by atoms with van der Waals surface area (Å²) < 4.78 is 27.5. The van der Waals surface area contributed by atoms with Gasteiger partial charge in [0.2, 0.25) is 0 Å². The van der Waals surface area contributed by atoms with E-state index in [9.17, 15) is 13.2 Å². The van der Waals surface area contributed by atoms with Gasteiger partial charge in [-0.1, -0.05) is 12.1 Å². The molecule has 0 saturated carbocycles. The molecule has 0 aliphatic heterocycles. The number of aryl methyl sites for hydroxylation is 1. The van der Waals surface area contributed by atoms with Crippen LogP contribution >= 0.6 is 15.9 Å². The number of rotatable bonds is 4. The topological polar surface area (TPSA) is 83.5 Å². The molecular weight excluding hydrogens is 358 g/mol. The molecule has 0 radical (unpaired) electrons. The quantitative estimate of drug-likeness (QED) is 0.866. The molecule has 0 atom stereocenters. The van der Waals surface area contributed by atoms with Gasteiger partial charge in [-0.3, -0.25) is 4.72 Å². The minimum absolute atomic E-state index is 0.0946. The molecule has 2 rings (SSSR count). The van der Waals surface area contributed by atoms with Crippen molar-refractivity contribution >= 4 is 37.6 Å². The van der Waals surface area contributed by atoms with Crippen molar-refractivity contribution in [1.29, 1.82) is 0 Å². The standard InChI is InChI=1S/C14H12BrNO4S/c1-9-3-2-4-11(7-9)16-21(19,20)13-8-10(14(17)18)5-6-12(13)15/h2-8,16H,1H3,(H,17,18). The maximum Gasteiger partial charge on any atom is 0.335 e. The lowest BCUT2D eigenvalue weighted by molar-refractivity contribution is 0.0696. The average Bonchev–Trinajstić information content (AvgIpc) is 2.38. The molecule has 0 amide bonds. The van der Waals surface area contributed by atoms with E-state index >= 15 is 0 Å². The number of hydrogen-bond donors (Lipinski definition) is 2. The van der Waals surface area contributed by atoms with E-state index < -0.39 is 16.0 Å². The zero-order chi connectivity index (χ0) is 15.6. The number of benzene rings is 2. The first-order chi connectivity index (χ1) is 9.79. The van der Waals surface area contributed by atoms with E-state index in [0.29, 0.717) is 10.2 Å². The number of anilines is 1. The number of halogens is 1. The lowest BCUT2D eigenvalue weighted by Crippen LogP contribution is -2.14. The predicted molar refractivity (Wildman–Crippen MR) is 83.1 cm³/mol. The van der Waals surface area contributed by atoms with Crippen LogP contribution in [0.5, 0.6) is 0 Å². The van der Waals surface area contributed by atoms with Crippen molar-refractivity contribution in [1.82, 2.24) is 0 Å². The van der Waals surface area contributed by atoms with Crippen molar-refractivity contribution in [3.63, 3.8) is 0 Å². The monoisotopic (exact) mass is 369 g/mol. The first kappa shape index (κ1) is 15.5. The molecular formula is C14H12BrNO4S. The van der Waals surface area contributed by atoms with Gasteiger partial charge in [-0.25, -0.2) is 13.2 Å². The van der Waals surface area contributed by atoms with E-state index in [4.69, 9.17) is 5.11 Å². The highest BCUT2D eigenvalue weighted by atomic mass is 79.9. The number of hydrogen-bond acceptors (Lipinski definition) is 3. The number of aromatic carboxylic acids is 1. The predicted octanol–water partition coefficient (Wildman–Crippen LogP) is 3.26. The number of carboxylic acids is 1.